The summed E-state index contributed by atoms with van der Waals surface area (Å²) in [5.74, 6) is -0.447. The maximum atomic E-state index is 12.2. The first-order valence-electron chi connectivity index (χ1n) is 5.18. The summed E-state index contributed by atoms with van der Waals surface area (Å²) in [6.07, 6.45) is -4.83. The number of nitrogens with zero attached hydrogens (tertiary/aromatic N) is 3. The molecule has 5 nitrogen and oxygen atoms in total. The molecular weight excluding hydrogens is 480 g/mol. The number of nitriles is 3. The Labute approximate surface area is 144 Å². The molecule has 10 heteroatoms. The molecule has 0 bridgehead atoms. The largest absolute Gasteiger partial charge is 0.573 e. The van der Waals surface area contributed by atoms with Crippen molar-refractivity contribution in [1.82, 2.24) is 0 Å². The van der Waals surface area contributed by atoms with Crippen molar-refractivity contribution in [2.24, 2.45) is 0 Å². The van der Waals surface area contributed by atoms with E-state index in [0.29, 0.717) is 0 Å². The number of alkyl halides is 3. The summed E-state index contributed by atoms with van der Waals surface area (Å²) in [6, 6.07) is 6.88. The highest BCUT2D eigenvalue weighted by Crippen LogP contribution is 2.35. The lowest BCUT2D eigenvalue weighted by Gasteiger charge is -2.14. The molecule has 0 unspecified atom stereocenters. The van der Waals surface area contributed by atoms with Gasteiger partial charge < -0.3 is 10.1 Å². The van der Waals surface area contributed by atoms with E-state index >= 15 is 0 Å². The number of allylic oxidation sites excluding steroid dienone is 2. The fourth-order valence-corrected chi connectivity index (χ4v) is 2.91. The van der Waals surface area contributed by atoms with Gasteiger partial charge in [0.1, 0.15) is 29.7 Å². The summed E-state index contributed by atoms with van der Waals surface area (Å²) in [4.78, 5) is 0. The van der Waals surface area contributed by atoms with Crippen molar-refractivity contribution in [3.63, 3.8) is 0 Å². The summed E-state index contributed by atoms with van der Waals surface area (Å²) >= 11 is 4.77. The standard InChI is InChI=1S/C12H3BrF3IN4O/c13-8-1-7(22-12(14,15)16)2-9(17)11(8)21-10(5-20)6(3-18)4-19/h1-2,21H. The van der Waals surface area contributed by atoms with Crippen LogP contribution in [0.15, 0.2) is 27.9 Å². The average molecular weight is 483 g/mol. The Bertz CT molecular complexity index is 717. The van der Waals surface area contributed by atoms with Crippen molar-refractivity contribution in [2.45, 2.75) is 6.36 Å². The number of hydrogen-bond donors (Lipinski definition) is 1. The Kier molecular flexibility index (Phi) is 6.03. The van der Waals surface area contributed by atoms with Crippen LogP contribution in [-0.4, -0.2) is 6.36 Å². The predicted molar refractivity (Wildman–Crippen MR) is 81.0 cm³/mol. The Hall–Kier alpha value is -1.97. The highest BCUT2D eigenvalue weighted by molar-refractivity contribution is 14.1. The van der Waals surface area contributed by atoms with Crippen LogP contribution >= 0.6 is 38.5 Å². The van der Waals surface area contributed by atoms with Crippen molar-refractivity contribution >= 4 is 44.2 Å². The van der Waals surface area contributed by atoms with Gasteiger partial charge >= 0.3 is 6.36 Å². The van der Waals surface area contributed by atoms with Crippen LogP contribution < -0.4 is 10.1 Å². The maximum absolute atomic E-state index is 12.2. The zero-order valence-electron chi connectivity index (χ0n) is 10.3. The molecule has 0 aliphatic rings. The molecule has 0 spiro atoms. The molecule has 0 aliphatic carbocycles. The van der Waals surface area contributed by atoms with Crippen LogP contribution in [0, 0.1) is 37.6 Å². The van der Waals surface area contributed by atoms with Crippen LogP contribution in [-0.2, 0) is 0 Å². The molecule has 22 heavy (non-hydrogen) atoms. The van der Waals surface area contributed by atoms with Gasteiger partial charge in [0, 0.05) is 8.04 Å². The van der Waals surface area contributed by atoms with Gasteiger partial charge in [-0.05, 0) is 50.7 Å². The van der Waals surface area contributed by atoms with Gasteiger partial charge in [-0.2, -0.15) is 15.8 Å². The van der Waals surface area contributed by atoms with Gasteiger partial charge in [0.15, 0.2) is 5.57 Å². The molecular formula is C12H3BrF3IN4O. The summed E-state index contributed by atoms with van der Waals surface area (Å²) in [5.41, 5.74) is -0.524. The lowest BCUT2D eigenvalue weighted by molar-refractivity contribution is -0.274. The van der Waals surface area contributed by atoms with Crippen molar-refractivity contribution in [3.8, 4) is 24.0 Å². The van der Waals surface area contributed by atoms with Gasteiger partial charge in [-0.25, -0.2) is 0 Å². The van der Waals surface area contributed by atoms with E-state index in [-0.39, 0.29) is 19.4 Å². The molecule has 0 heterocycles. The highest BCUT2D eigenvalue weighted by Gasteiger charge is 2.31. The zero-order valence-corrected chi connectivity index (χ0v) is 14.0. The minimum absolute atomic E-state index is 0.168. The van der Waals surface area contributed by atoms with Gasteiger partial charge in [0.05, 0.1) is 5.69 Å². The Balaban J connectivity index is 3.25. The topological polar surface area (TPSA) is 92.6 Å². The summed E-state index contributed by atoms with van der Waals surface area (Å²) in [5, 5.41) is 29.0. The van der Waals surface area contributed by atoms with Crippen molar-refractivity contribution < 1.29 is 17.9 Å². The van der Waals surface area contributed by atoms with Crippen LogP contribution in [0.4, 0.5) is 18.9 Å². The third-order valence-corrected chi connectivity index (χ3v) is 3.56. The van der Waals surface area contributed by atoms with Crippen molar-refractivity contribution in [3.05, 3.63) is 31.4 Å². The maximum Gasteiger partial charge on any atom is 0.573 e. The fraction of sp³-hybridized carbons (Fsp3) is 0.0833. The second-order valence-corrected chi connectivity index (χ2v) is 5.54. The van der Waals surface area contributed by atoms with Crippen molar-refractivity contribution in [2.75, 3.05) is 5.32 Å². The molecule has 0 aliphatic heterocycles. The zero-order chi connectivity index (χ0) is 16.9. The van der Waals surface area contributed by atoms with Crippen LogP contribution in [0.1, 0.15) is 0 Å². The molecule has 1 N–H and O–H groups in total. The van der Waals surface area contributed by atoms with E-state index in [1.165, 1.54) is 0 Å². The molecule has 0 saturated heterocycles. The Morgan fingerprint density at radius 2 is 1.77 bits per heavy atom. The number of benzene rings is 1. The molecule has 0 fully saturated rings. The van der Waals surface area contributed by atoms with E-state index < -0.39 is 17.7 Å². The van der Waals surface area contributed by atoms with Crippen LogP contribution in [0.5, 0.6) is 5.75 Å². The number of hydrogen-bond acceptors (Lipinski definition) is 5. The van der Waals surface area contributed by atoms with Gasteiger partial charge in [0.2, 0.25) is 0 Å². The average Bonchev–Trinajstić information content (AvgIpc) is 2.39. The number of ether oxygens (including phenoxy) is 1. The van der Waals surface area contributed by atoms with E-state index in [1.807, 2.05) is 0 Å². The normalized spacial score (nSPS) is 9.91. The number of anilines is 1. The second kappa shape index (κ2) is 7.34. The summed E-state index contributed by atoms with van der Waals surface area (Å²) < 4.78 is 40.8. The van der Waals surface area contributed by atoms with Crippen LogP contribution in [0.3, 0.4) is 0 Å². The first-order valence-corrected chi connectivity index (χ1v) is 7.05. The van der Waals surface area contributed by atoms with Crippen LogP contribution in [0.2, 0.25) is 0 Å². The van der Waals surface area contributed by atoms with E-state index in [4.69, 9.17) is 15.8 Å². The van der Waals surface area contributed by atoms with Gasteiger partial charge in [0.25, 0.3) is 0 Å². The molecule has 0 atom stereocenters. The second-order valence-electron chi connectivity index (χ2n) is 3.52. The lowest BCUT2D eigenvalue weighted by atomic mass is 10.2. The van der Waals surface area contributed by atoms with Gasteiger partial charge in [-0.3, -0.25) is 0 Å². The number of rotatable bonds is 3. The van der Waals surface area contributed by atoms with E-state index in [9.17, 15) is 13.2 Å². The third-order valence-electron chi connectivity index (χ3n) is 2.08. The summed E-state index contributed by atoms with van der Waals surface area (Å²) in [6.45, 7) is 0. The molecule has 1 aromatic rings. The van der Waals surface area contributed by atoms with Gasteiger partial charge in [-0.15, -0.1) is 13.2 Å². The first-order chi connectivity index (χ1) is 10.2. The molecule has 1 aromatic carbocycles. The van der Waals surface area contributed by atoms with E-state index in [0.717, 1.165) is 12.1 Å². The number of halogens is 5. The molecule has 1 rings (SSSR count). The smallest absolute Gasteiger partial charge is 0.406 e. The van der Waals surface area contributed by atoms with E-state index in [2.05, 4.69) is 26.0 Å². The molecule has 0 radical (unpaired) electrons. The Morgan fingerprint density at radius 3 is 2.18 bits per heavy atom. The fourth-order valence-electron chi connectivity index (χ4n) is 1.27. The third kappa shape index (κ3) is 4.79. The minimum atomic E-state index is -4.83. The molecule has 0 aromatic heterocycles. The van der Waals surface area contributed by atoms with E-state index in [1.54, 1.807) is 40.8 Å². The quantitative estimate of drug-likeness (QED) is 0.515. The molecule has 0 amide bonds. The minimum Gasteiger partial charge on any atom is -0.406 e. The molecule has 112 valence electrons. The first kappa shape index (κ1) is 18.1. The van der Waals surface area contributed by atoms with Crippen LogP contribution in [0.25, 0.3) is 0 Å². The lowest BCUT2D eigenvalue weighted by Crippen LogP contribution is -2.17. The molecule has 0 saturated carbocycles. The van der Waals surface area contributed by atoms with Gasteiger partial charge in [-0.1, -0.05) is 0 Å². The van der Waals surface area contributed by atoms with Crippen molar-refractivity contribution in [1.29, 1.82) is 15.8 Å². The highest BCUT2D eigenvalue weighted by atomic mass is 127. The number of nitrogens with one attached hydrogen (secondary N) is 1. The Morgan fingerprint density at radius 1 is 1.18 bits per heavy atom. The predicted octanol–water partition coefficient (Wildman–Crippen LogP) is 4.19. The monoisotopic (exact) mass is 482 g/mol. The summed E-state index contributed by atoms with van der Waals surface area (Å²) in [7, 11) is 0. The SMILES string of the molecule is N#CC(C#N)=C(C#N)Nc1c(Br)cc(OC(F)(F)F)cc1I.